The molecule has 7 heteroatoms. The van der Waals surface area contributed by atoms with Crippen LogP contribution in [-0.2, 0) is 0 Å². The van der Waals surface area contributed by atoms with Crippen LogP contribution in [0.3, 0.4) is 0 Å². The lowest BCUT2D eigenvalue weighted by Crippen LogP contribution is -2.13. The number of aryl methyl sites for hydroxylation is 1. The number of benzene rings is 1. The van der Waals surface area contributed by atoms with Gasteiger partial charge in [0.2, 0.25) is 0 Å². The second-order valence-electron chi connectivity index (χ2n) is 3.61. The maximum atomic E-state index is 11.8. The van der Waals surface area contributed by atoms with Crippen LogP contribution in [0.4, 0.5) is 11.4 Å². The molecule has 0 aliphatic heterocycles. The number of nitro groups is 1. The van der Waals surface area contributed by atoms with Crippen LogP contribution in [0.15, 0.2) is 29.1 Å². The Morgan fingerprint density at radius 3 is 2.89 bits per heavy atom. The summed E-state index contributed by atoms with van der Waals surface area (Å²) < 4.78 is 0. The van der Waals surface area contributed by atoms with Gasteiger partial charge in [-0.05, 0) is 18.6 Å². The standard InChI is InChI=1S/C11H9N3O3S/c1-7-2-3-10(14(16)17)8(4-7)13-11(15)9-5-18-6-12-9/h2-6H,1H3,(H,13,15). The molecule has 1 amide bonds. The maximum Gasteiger partial charge on any atom is 0.292 e. The lowest BCUT2D eigenvalue weighted by atomic mass is 10.2. The fourth-order valence-electron chi connectivity index (χ4n) is 1.42. The summed E-state index contributed by atoms with van der Waals surface area (Å²) in [6.45, 7) is 1.79. The first-order valence-corrected chi connectivity index (χ1v) is 5.97. The number of hydrogen-bond acceptors (Lipinski definition) is 5. The molecule has 1 aromatic carbocycles. The van der Waals surface area contributed by atoms with Crippen molar-refractivity contribution in [2.24, 2.45) is 0 Å². The Bertz CT molecular complexity index is 596. The maximum absolute atomic E-state index is 11.8. The van der Waals surface area contributed by atoms with E-state index in [0.717, 1.165) is 5.56 Å². The Morgan fingerprint density at radius 2 is 2.28 bits per heavy atom. The van der Waals surface area contributed by atoms with Crippen LogP contribution in [0.2, 0.25) is 0 Å². The first kappa shape index (κ1) is 12.2. The summed E-state index contributed by atoms with van der Waals surface area (Å²) in [6.07, 6.45) is 0. The molecule has 0 radical (unpaired) electrons. The zero-order valence-corrected chi connectivity index (χ0v) is 10.2. The summed E-state index contributed by atoms with van der Waals surface area (Å²) in [5.74, 6) is -0.454. The lowest BCUT2D eigenvalue weighted by molar-refractivity contribution is -0.383. The molecule has 2 rings (SSSR count). The van der Waals surface area contributed by atoms with Crippen LogP contribution in [0.1, 0.15) is 16.1 Å². The fourth-order valence-corrected chi connectivity index (χ4v) is 1.95. The smallest absolute Gasteiger partial charge is 0.292 e. The van der Waals surface area contributed by atoms with E-state index in [1.165, 1.54) is 22.9 Å². The van der Waals surface area contributed by atoms with E-state index in [9.17, 15) is 14.9 Å². The van der Waals surface area contributed by atoms with Gasteiger partial charge in [0.15, 0.2) is 0 Å². The van der Waals surface area contributed by atoms with E-state index in [-0.39, 0.29) is 17.1 Å². The van der Waals surface area contributed by atoms with Gasteiger partial charge in [-0.3, -0.25) is 14.9 Å². The highest BCUT2D eigenvalue weighted by Crippen LogP contribution is 2.25. The predicted octanol–water partition coefficient (Wildman–Crippen LogP) is 2.61. The van der Waals surface area contributed by atoms with Gasteiger partial charge in [-0.15, -0.1) is 11.3 Å². The van der Waals surface area contributed by atoms with E-state index in [4.69, 9.17) is 0 Å². The molecule has 0 fully saturated rings. The van der Waals surface area contributed by atoms with Crippen molar-refractivity contribution in [1.82, 2.24) is 4.98 Å². The summed E-state index contributed by atoms with van der Waals surface area (Å²) in [7, 11) is 0. The monoisotopic (exact) mass is 263 g/mol. The van der Waals surface area contributed by atoms with Gasteiger partial charge in [0.1, 0.15) is 11.4 Å². The van der Waals surface area contributed by atoms with Crippen LogP contribution in [-0.4, -0.2) is 15.8 Å². The molecule has 6 nitrogen and oxygen atoms in total. The largest absolute Gasteiger partial charge is 0.315 e. The second kappa shape index (κ2) is 4.92. The quantitative estimate of drug-likeness (QED) is 0.681. The first-order chi connectivity index (χ1) is 8.58. The third kappa shape index (κ3) is 2.51. The molecule has 92 valence electrons. The van der Waals surface area contributed by atoms with Gasteiger partial charge in [-0.25, -0.2) is 4.98 Å². The van der Waals surface area contributed by atoms with Crippen molar-refractivity contribution in [3.8, 4) is 0 Å². The summed E-state index contributed by atoms with van der Waals surface area (Å²) in [4.78, 5) is 25.9. The van der Waals surface area contributed by atoms with E-state index in [2.05, 4.69) is 10.3 Å². The molecule has 2 aromatic rings. The van der Waals surface area contributed by atoms with Gasteiger partial charge in [0, 0.05) is 11.4 Å². The fraction of sp³-hybridized carbons (Fsp3) is 0.0909. The van der Waals surface area contributed by atoms with Crippen molar-refractivity contribution in [2.75, 3.05) is 5.32 Å². The minimum absolute atomic E-state index is 0.135. The van der Waals surface area contributed by atoms with E-state index < -0.39 is 10.8 Å². The number of amides is 1. The number of rotatable bonds is 3. The van der Waals surface area contributed by atoms with Crippen LogP contribution in [0.25, 0.3) is 0 Å². The Hall–Kier alpha value is -2.28. The number of carbonyl (C=O) groups is 1. The van der Waals surface area contributed by atoms with E-state index in [0.29, 0.717) is 0 Å². The van der Waals surface area contributed by atoms with Gasteiger partial charge in [0.25, 0.3) is 11.6 Å². The molecule has 0 bridgehead atoms. The molecule has 18 heavy (non-hydrogen) atoms. The molecular weight excluding hydrogens is 254 g/mol. The molecule has 1 aromatic heterocycles. The molecule has 0 spiro atoms. The predicted molar refractivity (Wildman–Crippen MR) is 67.9 cm³/mol. The summed E-state index contributed by atoms with van der Waals surface area (Å²) in [6, 6.07) is 4.55. The number of aromatic nitrogens is 1. The van der Waals surface area contributed by atoms with Gasteiger partial charge in [-0.1, -0.05) is 6.07 Å². The van der Waals surface area contributed by atoms with Crippen molar-refractivity contribution in [1.29, 1.82) is 0 Å². The normalized spacial score (nSPS) is 10.1. The zero-order chi connectivity index (χ0) is 13.1. The highest BCUT2D eigenvalue weighted by Gasteiger charge is 2.17. The molecule has 0 saturated carbocycles. The average molecular weight is 263 g/mol. The molecular formula is C11H9N3O3S. The molecule has 0 saturated heterocycles. The topological polar surface area (TPSA) is 85.1 Å². The molecule has 0 unspecified atom stereocenters. The van der Waals surface area contributed by atoms with Gasteiger partial charge in [-0.2, -0.15) is 0 Å². The number of anilines is 1. The Kier molecular flexibility index (Phi) is 3.33. The SMILES string of the molecule is Cc1ccc([N+](=O)[O-])c(NC(=O)c2cscn2)c1. The number of hydrogen-bond donors (Lipinski definition) is 1. The van der Waals surface area contributed by atoms with Gasteiger partial charge < -0.3 is 5.32 Å². The number of carbonyl (C=O) groups excluding carboxylic acids is 1. The Balaban J connectivity index is 2.31. The van der Waals surface area contributed by atoms with Crippen molar-refractivity contribution in [2.45, 2.75) is 6.92 Å². The van der Waals surface area contributed by atoms with Crippen LogP contribution in [0, 0.1) is 17.0 Å². The Labute approximate surface area is 106 Å². The molecule has 0 aliphatic carbocycles. The first-order valence-electron chi connectivity index (χ1n) is 5.02. The third-order valence-corrected chi connectivity index (χ3v) is 2.85. The molecule has 1 N–H and O–H groups in total. The Morgan fingerprint density at radius 1 is 1.50 bits per heavy atom. The van der Waals surface area contributed by atoms with Crippen LogP contribution < -0.4 is 5.32 Å². The minimum atomic E-state index is -0.532. The van der Waals surface area contributed by atoms with E-state index in [1.54, 1.807) is 24.4 Å². The van der Waals surface area contributed by atoms with Crippen molar-refractivity contribution in [3.63, 3.8) is 0 Å². The van der Waals surface area contributed by atoms with Gasteiger partial charge >= 0.3 is 0 Å². The van der Waals surface area contributed by atoms with Crippen molar-refractivity contribution >= 4 is 28.6 Å². The summed E-state index contributed by atoms with van der Waals surface area (Å²) in [5, 5.41) is 14.9. The van der Waals surface area contributed by atoms with Crippen LogP contribution in [0.5, 0.6) is 0 Å². The van der Waals surface area contributed by atoms with E-state index in [1.807, 2.05) is 0 Å². The van der Waals surface area contributed by atoms with Crippen LogP contribution >= 0.6 is 11.3 Å². The molecule has 0 aliphatic rings. The van der Waals surface area contributed by atoms with Gasteiger partial charge in [0.05, 0.1) is 10.4 Å². The van der Waals surface area contributed by atoms with Crippen molar-refractivity contribution < 1.29 is 9.72 Å². The highest BCUT2D eigenvalue weighted by molar-refractivity contribution is 7.07. The summed E-state index contributed by atoms with van der Waals surface area (Å²) >= 11 is 1.29. The molecule has 1 heterocycles. The second-order valence-corrected chi connectivity index (χ2v) is 4.32. The summed E-state index contributed by atoms with van der Waals surface area (Å²) in [5.41, 5.74) is 2.65. The lowest BCUT2D eigenvalue weighted by Gasteiger charge is -2.05. The third-order valence-electron chi connectivity index (χ3n) is 2.26. The van der Waals surface area contributed by atoms with Crippen molar-refractivity contribution in [3.05, 3.63) is 50.5 Å². The number of nitrogens with one attached hydrogen (secondary N) is 1. The minimum Gasteiger partial charge on any atom is -0.315 e. The molecule has 0 atom stereocenters. The van der Waals surface area contributed by atoms with E-state index >= 15 is 0 Å². The highest BCUT2D eigenvalue weighted by atomic mass is 32.1. The number of nitro benzene ring substituents is 1. The number of thiazole rings is 1. The number of nitrogens with zero attached hydrogens (tertiary/aromatic N) is 2. The zero-order valence-electron chi connectivity index (χ0n) is 9.41. The average Bonchev–Trinajstić information content (AvgIpc) is 2.81.